The van der Waals surface area contributed by atoms with Crippen LogP contribution in [0.3, 0.4) is 0 Å². The summed E-state index contributed by atoms with van der Waals surface area (Å²) in [5.74, 6) is 0. The van der Waals surface area contributed by atoms with Gasteiger partial charge in [0, 0.05) is 0 Å². The van der Waals surface area contributed by atoms with Gasteiger partial charge in [0.1, 0.15) is 0 Å². The fourth-order valence-electron chi connectivity index (χ4n) is 0.832. The first-order chi connectivity index (χ1) is 6.35. The first-order valence-corrected chi connectivity index (χ1v) is 11.5. The van der Waals surface area contributed by atoms with E-state index in [0.717, 1.165) is 26.1 Å². The van der Waals surface area contributed by atoms with Crippen molar-refractivity contribution in [3.63, 3.8) is 0 Å². The summed E-state index contributed by atoms with van der Waals surface area (Å²) in [5.41, 5.74) is 0. The van der Waals surface area contributed by atoms with E-state index in [-0.39, 0.29) is 22.9 Å². The maximum absolute atomic E-state index is 5.60. The van der Waals surface area contributed by atoms with Gasteiger partial charge in [-0.3, -0.25) is 0 Å². The van der Waals surface area contributed by atoms with Crippen molar-refractivity contribution in [1.29, 1.82) is 0 Å². The van der Waals surface area contributed by atoms with Gasteiger partial charge in [-0.25, -0.2) is 0 Å². The first-order valence-electron chi connectivity index (χ1n) is 5.11. The molecule has 5 heteroatoms. The van der Waals surface area contributed by atoms with Crippen LogP contribution in [-0.2, 0) is 7.56 Å². The van der Waals surface area contributed by atoms with Crippen molar-refractivity contribution < 1.29 is 7.56 Å². The van der Waals surface area contributed by atoms with Gasteiger partial charge in [0.05, 0.1) is 0 Å². The van der Waals surface area contributed by atoms with E-state index in [1.165, 1.54) is 12.8 Å². The molecule has 0 atom stereocenters. The average molecular weight is 404 g/mol. The van der Waals surface area contributed by atoms with Crippen LogP contribution in [0.2, 0.25) is 0 Å². The van der Waals surface area contributed by atoms with Gasteiger partial charge in [-0.05, 0) is 0 Å². The van der Waals surface area contributed by atoms with Crippen LogP contribution in [0.1, 0.15) is 39.5 Å². The van der Waals surface area contributed by atoms with Crippen molar-refractivity contribution in [1.82, 2.24) is 0 Å². The van der Waals surface area contributed by atoms with Crippen LogP contribution in [0.25, 0.3) is 0 Å². The van der Waals surface area contributed by atoms with E-state index in [2.05, 4.69) is 13.8 Å². The Balaban J connectivity index is 3.28. The fourth-order valence-corrected chi connectivity index (χ4v) is 9.14. The zero-order chi connectivity index (χ0) is 9.94. The molecule has 0 aromatic carbocycles. The molecular weight excluding hydrogens is 382 g/mol. The van der Waals surface area contributed by atoms with E-state index in [9.17, 15) is 0 Å². The third-order valence-corrected chi connectivity index (χ3v) is 13.1. The van der Waals surface area contributed by atoms with Crippen molar-refractivity contribution in [3.05, 3.63) is 0 Å². The van der Waals surface area contributed by atoms with Gasteiger partial charge in [0.15, 0.2) is 0 Å². The standard InChI is InChI=1S/2C4H9O.O.2Sn.4H/c2*1-2-3-4-5;;;;;;;/h2*2-4H2,1H3;;;;;;;/q2*-1;;;+2;;;;. The van der Waals surface area contributed by atoms with Crippen molar-refractivity contribution in [2.24, 2.45) is 0 Å². The zero-order valence-electron chi connectivity index (χ0n) is 9.04. The minimum atomic E-state index is -2.35. The van der Waals surface area contributed by atoms with Gasteiger partial charge in [-0.15, -0.1) is 0 Å². The molecule has 0 fully saturated rings. The van der Waals surface area contributed by atoms with E-state index >= 15 is 0 Å². The quantitative estimate of drug-likeness (QED) is 0.418. The Morgan fingerprint density at radius 1 is 1.00 bits per heavy atom. The Morgan fingerprint density at radius 3 is 1.77 bits per heavy atom. The molecule has 0 unspecified atom stereocenters. The SMILES string of the molecule is CCCC[O][SnH]([O][SnH3])[O]CCCC. The summed E-state index contributed by atoms with van der Waals surface area (Å²) in [6.07, 6.45) is 4.62. The van der Waals surface area contributed by atoms with Gasteiger partial charge >= 0.3 is 104 Å². The van der Waals surface area contributed by atoms with Crippen LogP contribution in [0.4, 0.5) is 0 Å². The molecule has 0 saturated carbocycles. The number of unbranched alkanes of at least 4 members (excludes halogenated alkanes) is 2. The Kier molecular flexibility index (Phi) is 12.9. The summed E-state index contributed by atoms with van der Waals surface area (Å²) in [4.78, 5) is 0. The van der Waals surface area contributed by atoms with E-state index in [1.54, 1.807) is 0 Å². The molecule has 0 aliphatic rings. The number of hydrogen-bond donors (Lipinski definition) is 0. The summed E-state index contributed by atoms with van der Waals surface area (Å²) >= 11 is -2.08. The van der Waals surface area contributed by atoms with Gasteiger partial charge in [-0.1, -0.05) is 0 Å². The van der Waals surface area contributed by atoms with Crippen LogP contribution >= 0.6 is 0 Å². The first kappa shape index (κ1) is 14.5. The second-order valence-corrected chi connectivity index (χ2v) is 16.9. The van der Waals surface area contributed by atoms with Gasteiger partial charge in [0.25, 0.3) is 0 Å². The summed E-state index contributed by atoms with van der Waals surface area (Å²) < 4.78 is 16.6. The van der Waals surface area contributed by atoms with Crippen LogP contribution in [0.5, 0.6) is 0 Å². The molecular formula is C8H22O3Sn2. The van der Waals surface area contributed by atoms with Crippen LogP contribution in [0, 0.1) is 0 Å². The topological polar surface area (TPSA) is 27.7 Å². The monoisotopic (exact) mass is 406 g/mol. The molecule has 0 aliphatic carbocycles. The molecule has 0 amide bonds. The van der Waals surface area contributed by atoms with E-state index < -0.39 is 21.0 Å². The number of rotatable bonds is 9. The Hall–Kier alpha value is 1.48. The fraction of sp³-hybridized carbons (Fsp3) is 1.00. The molecule has 0 aromatic rings. The molecule has 0 saturated heterocycles. The van der Waals surface area contributed by atoms with Gasteiger partial charge in [-0.2, -0.15) is 0 Å². The van der Waals surface area contributed by atoms with Crippen molar-refractivity contribution in [3.8, 4) is 0 Å². The molecule has 13 heavy (non-hydrogen) atoms. The Morgan fingerprint density at radius 2 is 1.46 bits per heavy atom. The molecule has 0 bridgehead atoms. The van der Waals surface area contributed by atoms with Gasteiger partial charge in [0.2, 0.25) is 0 Å². The molecule has 0 heterocycles. The molecule has 0 aliphatic heterocycles. The molecule has 0 radical (unpaired) electrons. The van der Waals surface area contributed by atoms with Crippen molar-refractivity contribution in [2.45, 2.75) is 39.5 Å². The van der Waals surface area contributed by atoms with Crippen LogP contribution in [-0.4, -0.2) is 57.2 Å². The Labute approximate surface area is 104 Å². The van der Waals surface area contributed by atoms with E-state index in [1.807, 2.05) is 0 Å². The number of hydrogen-bond acceptors (Lipinski definition) is 3. The van der Waals surface area contributed by atoms with Crippen molar-refractivity contribution >= 4 is 43.9 Å². The molecule has 0 spiro atoms. The summed E-state index contributed by atoms with van der Waals surface area (Å²) in [6.45, 7) is 6.00. The summed E-state index contributed by atoms with van der Waals surface area (Å²) in [6, 6.07) is 0. The van der Waals surface area contributed by atoms with Gasteiger partial charge < -0.3 is 0 Å². The van der Waals surface area contributed by atoms with Crippen LogP contribution in [0.15, 0.2) is 0 Å². The average Bonchev–Trinajstić information content (AvgIpc) is 2.16. The second kappa shape index (κ2) is 11.6. The molecule has 3 nitrogen and oxygen atoms in total. The third-order valence-electron chi connectivity index (χ3n) is 1.70. The predicted molar refractivity (Wildman–Crippen MR) is 59.9 cm³/mol. The molecule has 80 valence electrons. The van der Waals surface area contributed by atoms with Crippen LogP contribution < -0.4 is 0 Å². The third kappa shape index (κ3) is 9.77. The minimum absolute atomic E-state index is 0.270. The maximum atomic E-state index is 5.60. The second-order valence-electron chi connectivity index (χ2n) is 2.97. The summed E-state index contributed by atoms with van der Waals surface area (Å²) in [5, 5.41) is 0. The molecule has 0 rings (SSSR count). The Bertz CT molecular complexity index is 93.4. The predicted octanol–water partition coefficient (Wildman–Crippen LogP) is 0.634. The van der Waals surface area contributed by atoms with E-state index in [4.69, 9.17) is 7.56 Å². The molecule has 0 aromatic heterocycles. The van der Waals surface area contributed by atoms with Crippen molar-refractivity contribution in [2.75, 3.05) is 13.2 Å². The van der Waals surface area contributed by atoms with E-state index in [0.29, 0.717) is 0 Å². The molecule has 0 N–H and O–H groups in total. The normalized spacial score (nSPS) is 11.3. The summed E-state index contributed by atoms with van der Waals surface area (Å²) in [7, 11) is 0. The zero-order valence-corrected chi connectivity index (χ0v) is 18.0.